The van der Waals surface area contributed by atoms with Gasteiger partial charge in [-0.2, -0.15) is 0 Å². The molecular formula is C39H64O13. The second kappa shape index (κ2) is 15.5. The third-order valence-corrected chi connectivity index (χ3v) is 14.5. The van der Waals surface area contributed by atoms with Gasteiger partial charge in [0.1, 0.15) is 54.9 Å². The van der Waals surface area contributed by atoms with Crippen LogP contribution in [0.15, 0.2) is 23.8 Å². The van der Waals surface area contributed by atoms with E-state index in [0.717, 1.165) is 38.5 Å². The lowest BCUT2D eigenvalue weighted by molar-refractivity contribution is -0.363. The van der Waals surface area contributed by atoms with Crippen LogP contribution in [0.1, 0.15) is 79.6 Å². The van der Waals surface area contributed by atoms with Crippen molar-refractivity contribution in [3.63, 3.8) is 0 Å². The zero-order valence-electron chi connectivity index (χ0n) is 31.3. The third-order valence-electron chi connectivity index (χ3n) is 14.5. The highest BCUT2D eigenvalue weighted by Crippen LogP contribution is 2.67. The Hall–Kier alpha value is -1.04. The molecule has 0 unspecified atom stereocenters. The zero-order valence-corrected chi connectivity index (χ0v) is 31.3. The summed E-state index contributed by atoms with van der Waals surface area (Å²) >= 11 is 0. The Morgan fingerprint density at radius 3 is 2.25 bits per heavy atom. The Kier molecular flexibility index (Phi) is 12.1. The van der Waals surface area contributed by atoms with E-state index in [2.05, 4.69) is 41.2 Å². The van der Waals surface area contributed by atoms with Crippen LogP contribution >= 0.6 is 0 Å². The molecule has 0 aromatic carbocycles. The Balaban J connectivity index is 1.24. The van der Waals surface area contributed by atoms with Gasteiger partial charge < -0.3 is 64.9 Å². The van der Waals surface area contributed by atoms with E-state index in [1.54, 1.807) is 6.08 Å². The van der Waals surface area contributed by atoms with Crippen LogP contribution in [0.3, 0.4) is 0 Å². The summed E-state index contributed by atoms with van der Waals surface area (Å²) in [6.45, 7) is 14.5. The minimum absolute atomic E-state index is 0.00412. The number of rotatable bonds is 10. The molecule has 298 valence electrons. The van der Waals surface area contributed by atoms with Crippen LogP contribution in [0.2, 0.25) is 0 Å². The van der Waals surface area contributed by atoms with E-state index in [1.807, 2.05) is 0 Å². The highest BCUT2D eigenvalue weighted by atomic mass is 16.8. The molecule has 2 heterocycles. The van der Waals surface area contributed by atoms with E-state index in [-0.39, 0.29) is 36.2 Å². The first-order valence-electron chi connectivity index (χ1n) is 19.5. The van der Waals surface area contributed by atoms with Crippen molar-refractivity contribution < 1.29 is 64.9 Å². The van der Waals surface area contributed by atoms with Gasteiger partial charge in [-0.3, -0.25) is 0 Å². The second-order valence-corrected chi connectivity index (χ2v) is 17.8. The highest BCUT2D eigenvalue weighted by Gasteiger charge is 2.64. The predicted octanol–water partition coefficient (Wildman–Crippen LogP) is 0.755. The SMILES string of the molecule is C=C(CC[C@@H](C)[C@H]1CC[C@H]2[C@@H]3[C@@H](O)C=C4[C@@H](O[C@@H]5OC[C@@H](O)[C@H](O)[C@H]5O[C@@H]5O[C@H](CO)[C@H](O)[C@H](O)[C@H]5O)[C@@H](O)[C@H](O)C[C@]4(C)[C@H]3CC[C@]12C)C(C)C. The van der Waals surface area contributed by atoms with Crippen LogP contribution in [-0.4, -0.2) is 139 Å². The lowest BCUT2D eigenvalue weighted by Crippen LogP contribution is -2.64. The first kappa shape index (κ1) is 40.6. The molecule has 20 atom stereocenters. The van der Waals surface area contributed by atoms with Crippen molar-refractivity contribution in [1.29, 1.82) is 0 Å². The summed E-state index contributed by atoms with van der Waals surface area (Å²) in [5, 5.41) is 97.2. The molecule has 5 fully saturated rings. The maximum Gasteiger partial charge on any atom is 0.187 e. The van der Waals surface area contributed by atoms with Crippen molar-refractivity contribution in [1.82, 2.24) is 0 Å². The second-order valence-electron chi connectivity index (χ2n) is 17.8. The first-order valence-corrected chi connectivity index (χ1v) is 19.5. The van der Waals surface area contributed by atoms with Crippen molar-refractivity contribution in [3.8, 4) is 0 Å². The maximum absolute atomic E-state index is 12.0. The average molecular weight is 741 g/mol. The van der Waals surface area contributed by atoms with E-state index in [0.29, 0.717) is 23.3 Å². The highest BCUT2D eigenvalue weighted by molar-refractivity contribution is 5.33. The molecule has 6 rings (SSSR count). The van der Waals surface area contributed by atoms with Crippen molar-refractivity contribution >= 4 is 0 Å². The smallest absolute Gasteiger partial charge is 0.187 e. The maximum atomic E-state index is 12.0. The summed E-state index contributed by atoms with van der Waals surface area (Å²) in [7, 11) is 0. The largest absolute Gasteiger partial charge is 0.394 e. The number of fused-ring (bicyclic) bond motifs is 5. The Morgan fingerprint density at radius 1 is 0.865 bits per heavy atom. The molecule has 2 aliphatic heterocycles. The van der Waals surface area contributed by atoms with E-state index >= 15 is 0 Å². The standard InChI is InChI=1S/C39H64O13/c1-17(2)18(3)7-8-19(4)20-9-10-21-28-22(11-12-38(20,21)5)39(6)14-25(42)29(44)34(23(39)13-24(28)41)51-37-35(30(45)26(43)16-49-37)52-36-33(48)32(47)31(46)27(15-40)50-36/h13,17,19-22,24-37,40-48H,3,7-12,14-16H2,1-2,4-6H3/t19-,20-,21+,22+,24+,25-,26-,27-,28+,29+,30+,31+,32+,33-,34-,35-,36+,37+,38-,39-/m1/s1. The van der Waals surface area contributed by atoms with Crippen LogP contribution in [0, 0.1) is 46.3 Å². The fourth-order valence-electron chi connectivity index (χ4n) is 11.3. The van der Waals surface area contributed by atoms with Gasteiger partial charge in [0.15, 0.2) is 12.6 Å². The number of aliphatic hydroxyl groups is 9. The van der Waals surface area contributed by atoms with Gasteiger partial charge >= 0.3 is 0 Å². The summed E-state index contributed by atoms with van der Waals surface area (Å²) in [5.41, 5.74) is 1.34. The molecule has 4 aliphatic carbocycles. The quantitative estimate of drug-likeness (QED) is 0.142. The Labute approximate surface area is 307 Å². The normalized spacial score (nSPS) is 51.3. The van der Waals surface area contributed by atoms with Crippen molar-refractivity contribution in [3.05, 3.63) is 23.8 Å². The molecule has 52 heavy (non-hydrogen) atoms. The molecule has 0 bridgehead atoms. The molecule has 0 spiro atoms. The van der Waals surface area contributed by atoms with Crippen LogP contribution in [0.4, 0.5) is 0 Å². The summed E-state index contributed by atoms with van der Waals surface area (Å²) in [6, 6.07) is 0. The Bertz CT molecular complexity index is 1290. The van der Waals surface area contributed by atoms with Gasteiger partial charge in [-0.25, -0.2) is 0 Å². The molecular weight excluding hydrogens is 676 g/mol. The minimum atomic E-state index is -1.79. The van der Waals surface area contributed by atoms with Crippen molar-refractivity contribution in [2.75, 3.05) is 13.2 Å². The van der Waals surface area contributed by atoms with Gasteiger partial charge in [0.2, 0.25) is 0 Å². The molecule has 13 nitrogen and oxygen atoms in total. The summed E-state index contributed by atoms with van der Waals surface area (Å²) in [4.78, 5) is 0. The number of hydrogen-bond acceptors (Lipinski definition) is 13. The molecule has 0 amide bonds. The molecule has 9 N–H and O–H groups in total. The predicted molar refractivity (Wildman–Crippen MR) is 187 cm³/mol. The fourth-order valence-corrected chi connectivity index (χ4v) is 11.3. The van der Waals surface area contributed by atoms with Crippen molar-refractivity contribution in [2.24, 2.45) is 46.3 Å². The molecule has 6 aliphatic rings. The van der Waals surface area contributed by atoms with Gasteiger partial charge in [-0.15, -0.1) is 0 Å². The third kappa shape index (κ3) is 6.99. The van der Waals surface area contributed by atoms with Gasteiger partial charge in [0, 0.05) is 0 Å². The number of allylic oxidation sites excluding steroid dienone is 1. The summed E-state index contributed by atoms with van der Waals surface area (Å²) in [5.74, 6) is 1.77. The molecule has 3 saturated carbocycles. The molecule has 0 aromatic rings. The van der Waals surface area contributed by atoms with Crippen LogP contribution in [0.5, 0.6) is 0 Å². The van der Waals surface area contributed by atoms with E-state index in [1.165, 1.54) is 5.57 Å². The lowest BCUT2D eigenvalue weighted by atomic mass is 9.45. The summed E-state index contributed by atoms with van der Waals surface area (Å²) in [6.07, 6.45) is -10.6. The fraction of sp³-hybridized carbons (Fsp3) is 0.897. The van der Waals surface area contributed by atoms with Gasteiger partial charge in [0.05, 0.1) is 25.4 Å². The number of hydrogen-bond donors (Lipinski definition) is 9. The average Bonchev–Trinajstić information content (AvgIpc) is 3.46. The topological polar surface area (TPSA) is 219 Å². The number of aliphatic hydroxyl groups excluding tert-OH is 9. The minimum Gasteiger partial charge on any atom is -0.394 e. The van der Waals surface area contributed by atoms with Crippen molar-refractivity contribution in [2.45, 2.75) is 159 Å². The van der Waals surface area contributed by atoms with Crippen LogP contribution in [-0.2, 0) is 18.9 Å². The molecule has 2 saturated heterocycles. The Morgan fingerprint density at radius 2 is 1.58 bits per heavy atom. The van der Waals surface area contributed by atoms with Gasteiger partial charge in [0.25, 0.3) is 0 Å². The molecule has 0 aromatic heterocycles. The van der Waals surface area contributed by atoms with E-state index in [9.17, 15) is 46.0 Å². The van der Waals surface area contributed by atoms with E-state index in [4.69, 9.17) is 18.9 Å². The molecule has 13 heteroatoms. The van der Waals surface area contributed by atoms with Crippen LogP contribution < -0.4 is 0 Å². The molecule has 0 radical (unpaired) electrons. The van der Waals surface area contributed by atoms with Crippen LogP contribution in [0.25, 0.3) is 0 Å². The lowest BCUT2D eigenvalue weighted by Gasteiger charge is -2.61. The first-order chi connectivity index (χ1) is 24.4. The zero-order chi connectivity index (χ0) is 38.0. The van der Waals surface area contributed by atoms with E-state index < -0.39 is 91.7 Å². The monoisotopic (exact) mass is 740 g/mol. The van der Waals surface area contributed by atoms with Gasteiger partial charge in [-0.05, 0) is 96.9 Å². The van der Waals surface area contributed by atoms with Gasteiger partial charge in [-0.1, -0.05) is 52.8 Å². The number of ether oxygens (including phenoxy) is 4. The summed E-state index contributed by atoms with van der Waals surface area (Å²) < 4.78 is 23.5.